The van der Waals surface area contributed by atoms with Crippen LogP contribution in [0, 0.1) is 0 Å². The number of aromatic nitrogens is 1. The molecule has 0 saturated carbocycles. The Labute approximate surface area is 100 Å². The molecule has 0 unspecified atom stereocenters. The van der Waals surface area contributed by atoms with E-state index in [1.54, 1.807) is 13.3 Å². The fraction of sp³-hybridized carbons (Fsp3) is 0.308. The van der Waals surface area contributed by atoms with Gasteiger partial charge in [0.05, 0.1) is 13.3 Å². The van der Waals surface area contributed by atoms with Gasteiger partial charge in [0.25, 0.3) is 0 Å². The SMILES string of the molecule is COc1ccccc1-c1cnoc1CCCN. The van der Waals surface area contributed by atoms with Crippen LogP contribution in [0.3, 0.4) is 0 Å². The Morgan fingerprint density at radius 3 is 2.88 bits per heavy atom. The topological polar surface area (TPSA) is 61.3 Å². The number of nitrogens with two attached hydrogens (primary N) is 1. The maximum absolute atomic E-state index is 5.50. The van der Waals surface area contributed by atoms with E-state index in [0.29, 0.717) is 6.54 Å². The van der Waals surface area contributed by atoms with Gasteiger partial charge in [-0.25, -0.2) is 0 Å². The molecule has 0 bridgehead atoms. The molecule has 4 heteroatoms. The molecule has 0 fully saturated rings. The second-order valence-corrected chi connectivity index (χ2v) is 3.76. The highest BCUT2D eigenvalue weighted by atomic mass is 16.5. The van der Waals surface area contributed by atoms with E-state index in [4.69, 9.17) is 15.0 Å². The number of nitrogens with zero attached hydrogens (tertiary/aromatic N) is 1. The third-order valence-corrected chi connectivity index (χ3v) is 2.65. The highest BCUT2D eigenvalue weighted by Crippen LogP contribution is 2.32. The zero-order valence-corrected chi connectivity index (χ0v) is 9.85. The molecule has 0 aliphatic heterocycles. The molecule has 2 rings (SSSR count). The van der Waals surface area contributed by atoms with Crippen molar-refractivity contribution < 1.29 is 9.26 Å². The van der Waals surface area contributed by atoms with Crippen LogP contribution in [0.1, 0.15) is 12.2 Å². The molecule has 0 atom stereocenters. The number of benzene rings is 1. The minimum absolute atomic E-state index is 0.645. The van der Waals surface area contributed by atoms with Crippen molar-refractivity contribution >= 4 is 0 Å². The molecule has 2 N–H and O–H groups in total. The van der Waals surface area contributed by atoms with Gasteiger partial charge in [0.15, 0.2) is 0 Å². The summed E-state index contributed by atoms with van der Waals surface area (Å²) in [6.07, 6.45) is 3.41. The van der Waals surface area contributed by atoms with E-state index in [0.717, 1.165) is 35.5 Å². The lowest BCUT2D eigenvalue weighted by molar-refractivity contribution is 0.381. The normalized spacial score (nSPS) is 10.5. The molecule has 0 radical (unpaired) electrons. The minimum atomic E-state index is 0.645. The van der Waals surface area contributed by atoms with Crippen molar-refractivity contribution in [2.75, 3.05) is 13.7 Å². The van der Waals surface area contributed by atoms with Crippen molar-refractivity contribution in [3.8, 4) is 16.9 Å². The van der Waals surface area contributed by atoms with Crippen LogP contribution >= 0.6 is 0 Å². The Bertz CT molecular complexity index is 480. The van der Waals surface area contributed by atoms with Crippen LogP contribution < -0.4 is 10.5 Å². The summed E-state index contributed by atoms with van der Waals surface area (Å²) in [4.78, 5) is 0. The first-order valence-corrected chi connectivity index (χ1v) is 5.64. The van der Waals surface area contributed by atoms with Crippen LogP contribution in [0.5, 0.6) is 5.75 Å². The van der Waals surface area contributed by atoms with Gasteiger partial charge in [0, 0.05) is 17.5 Å². The lowest BCUT2D eigenvalue weighted by Gasteiger charge is -2.07. The molecule has 0 aliphatic carbocycles. The zero-order valence-electron chi connectivity index (χ0n) is 9.85. The Morgan fingerprint density at radius 1 is 1.29 bits per heavy atom. The molecule has 1 aromatic heterocycles. The summed E-state index contributed by atoms with van der Waals surface area (Å²) in [7, 11) is 1.66. The molecule has 90 valence electrons. The molecule has 0 saturated heterocycles. The van der Waals surface area contributed by atoms with E-state index >= 15 is 0 Å². The molecule has 0 spiro atoms. The first-order chi connectivity index (χ1) is 8.36. The quantitative estimate of drug-likeness (QED) is 0.858. The van der Waals surface area contributed by atoms with Gasteiger partial charge in [0.2, 0.25) is 0 Å². The molecule has 17 heavy (non-hydrogen) atoms. The molecular weight excluding hydrogens is 216 g/mol. The number of methoxy groups -OCH3 is 1. The first-order valence-electron chi connectivity index (χ1n) is 5.64. The van der Waals surface area contributed by atoms with E-state index in [1.165, 1.54) is 0 Å². The minimum Gasteiger partial charge on any atom is -0.496 e. The highest BCUT2D eigenvalue weighted by molar-refractivity contribution is 5.71. The van der Waals surface area contributed by atoms with Crippen molar-refractivity contribution in [1.29, 1.82) is 0 Å². The maximum atomic E-state index is 5.50. The standard InChI is InChI=1S/C13H16N2O2/c1-16-12-6-3-2-5-10(12)11-9-15-17-13(11)7-4-8-14/h2-3,5-6,9H,4,7-8,14H2,1H3. The molecule has 0 aliphatic rings. The molecule has 2 aromatic rings. The number of para-hydroxylation sites is 1. The summed E-state index contributed by atoms with van der Waals surface area (Å²) in [6.45, 7) is 0.645. The molecule has 4 nitrogen and oxygen atoms in total. The van der Waals surface area contributed by atoms with E-state index in [2.05, 4.69) is 5.16 Å². The van der Waals surface area contributed by atoms with Crippen molar-refractivity contribution in [2.45, 2.75) is 12.8 Å². The Morgan fingerprint density at radius 2 is 2.12 bits per heavy atom. The number of aryl methyl sites for hydroxylation is 1. The van der Waals surface area contributed by atoms with Gasteiger partial charge in [0.1, 0.15) is 11.5 Å². The van der Waals surface area contributed by atoms with Crippen LogP contribution in [0.4, 0.5) is 0 Å². The first kappa shape index (κ1) is 11.7. The molecular formula is C13H16N2O2. The molecule has 1 heterocycles. The maximum Gasteiger partial charge on any atom is 0.144 e. The van der Waals surface area contributed by atoms with Gasteiger partial charge in [-0.15, -0.1) is 0 Å². The van der Waals surface area contributed by atoms with Crippen molar-refractivity contribution in [1.82, 2.24) is 5.16 Å². The van der Waals surface area contributed by atoms with Gasteiger partial charge in [-0.05, 0) is 19.0 Å². The summed E-state index contributed by atoms with van der Waals surface area (Å²) in [6, 6.07) is 7.83. The lowest BCUT2D eigenvalue weighted by atomic mass is 10.0. The third-order valence-electron chi connectivity index (χ3n) is 2.65. The Kier molecular flexibility index (Phi) is 3.77. The fourth-order valence-corrected chi connectivity index (χ4v) is 1.79. The van der Waals surface area contributed by atoms with Gasteiger partial charge < -0.3 is 15.0 Å². The summed E-state index contributed by atoms with van der Waals surface area (Å²) in [5, 5.41) is 3.86. The van der Waals surface area contributed by atoms with Crippen molar-refractivity contribution in [2.24, 2.45) is 5.73 Å². The van der Waals surface area contributed by atoms with Crippen LogP contribution in [0.2, 0.25) is 0 Å². The summed E-state index contributed by atoms with van der Waals surface area (Å²) in [5.74, 6) is 1.68. The lowest BCUT2D eigenvalue weighted by Crippen LogP contribution is -2.00. The molecule has 0 amide bonds. The van der Waals surface area contributed by atoms with Crippen LogP contribution in [0.25, 0.3) is 11.1 Å². The zero-order chi connectivity index (χ0) is 12.1. The summed E-state index contributed by atoms with van der Waals surface area (Å²) in [5.41, 5.74) is 7.49. The second kappa shape index (κ2) is 5.50. The van der Waals surface area contributed by atoms with E-state index < -0.39 is 0 Å². The number of hydrogen-bond acceptors (Lipinski definition) is 4. The second-order valence-electron chi connectivity index (χ2n) is 3.76. The number of ether oxygens (including phenoxy) is 1. The van der Waals surface area contributed by atoms with Crippen molar-refractivity contribution in [3.05, 3.63) is 36.2 Å². The fourth-order valence-electron chi connectivity index (χ4n) is 1.79. The summed E-state index contributed by atoms with van der Waals surface area (Å²) >= 11 is 0. The third kappa shape index (κ3) is 2.47. The van der Waals surface area contributed by atoms with E-state index in [9.17, 15) is 0 Å². The van der Waals surface area contributed by atoms with Crippen LogP contribution in [0.15, 0.2) is 35.0 Å². The molecule has 1 aromatic carbocycles. The average molecular weight is 232 g/mol. The predicted molar refractivity (Wildman–Crippen MR) is 65.9 cm³/mol. The largest absolute Gasteiger partial charge is 0.496 e. The monoisotopic (exact) mass is 232 g/mol. The number of rotatable bonds is 5. The van der Waals surface area contributed by atoms with E-state index in [1.807, 2.05) is 24.3 Å². The Hall–Kier alpha value is -1.81. The van der Waals surface area contributed by atoms with Gasteiger partial charge in [-0.2, -0.15) is 0 Å². The predicted octanol–water partition coefficient (Wildman–Crippen LogP) is 2.24. The van der Waals surface area contributed by atoms with Gasteiger partial charge >= 0.3 is 0 Å². The van der Waals surface area contributed by atoms with Crippen LogP contribution in [-0.4, -0.2) is 18.8 Å². The average Bonchev–Trinajstić information content (AvgIpc) is 2.84. The van der Waals surface area contributed by atoms with Crippen molar-refractivity contribution in [3.63, 3.8) is 0 Å². The van der Waals surface area contributed by atoms with Gasteiger partial charge in [-0.3, -0.25) is 0 Å². The van der Waals surface area contributed by atoms with Crippen LogP contribution in [-0.2, 0) is 6.42 Å². The highest BCUT2D eigenvalue weighted by Gasteiger charge is 2.13. The summed E-state index contributed by atoms with van der Waals surface area (Å²) < 4.78 is 10.6. The van der Waals surface area contributed by atoms with Gasteiger partial charge in [-0.1, -0.05) is 23.4 Å². The van der Waals surface area contributed by atoms with E-state index in [-0.39, 0.29) is 0 Å². The Balaban J connectivity index is 2.35. The smallest absolute Gasteiger partial charge is 0.144 e. The number of hydrogen-bond donors (Lipinski definition) is 1.